The second-order valence-corrected chi connectivity index (χ2v) is 5.30. The molecule has 0 aliphatic carbocycles. The van der Waals surface area contributed by atoms with E-state index in [9.17, 15) is 0 Å². The maximum absolute atomic E-state index is 5.29. The van der Waals surface area contributed by atoms with Gasteiger partial charge in [-0.2, -0.15) is 0 Å². The number of rotatable bonds is 5. The maximum atomic E-state index is 5.29. The number of benzene rings is 2. The first-order valence-electron chi connectivity index (χ1n) is 7.63. The predicted molar refractivity (Wildman–Crippen MR) is 96.1 cm³/mol. The van der Waals surface area contributed by atoms with Crippen LogP contribution < -0.4 is 4.74 Å². The summed E-state index contributed by atoms with van der Waals surface area (Å²) in [5.41, 5.74) is 3.63. The normalized spacial score (nSPS) is 11.8. The summed E-state index contributed by atoms with van der Waals surface area (Å²) in [5, 5.41) is 3.92. The minimum Gasteiger partial charge on any atom is -0.497 e. The molecule has 1 aromatic heterocycles. The summed E-state index contributed by atoms with van der Waals surface area (Å²) >= 11 is 0. The fourth-order valence-corrected chi connectivity index (χ4v) is 2.23. The van der Waals surface area contributed by atoms with E-state index in [2.05, 4.69) is 10.1 Å². The van der Waals surface area contributed by atoms with E-state index in [-0.39, 0.29) is 0 Å². The van der Waals surface area contributed by atoms with Gasteiger partial charge in [-0.05, 0) is 36.8 Å². The highest BCUT2D eigenvalue weighted by molar-refractivity contribution is 5.89. The quantitative estimate of drug-likeness (QED) is 0.645. The highest BCUT2D eigenvalue weighted by atomic mass is 16.5. The molecule has 0 bridgehead atoms. The first kappa shape index (κ1) is 15.7. The first-order valence-corrected chi connectivity index (χ1v) is 7.63. The second kappa shape index (κ2) is 7.42. The third-order valence-corrected chi connectivity index (χ3v) is 3.46. The molecule has 4 heteroatoms. The van der Waals surface area contributed by atoms with Crippen LogP contribution in [-0.4, -0.2) is 18.5 Å². The van der Waals surface area contributed by atoms with E-state index in [0.717, 1.165) is 28.3 Å². The first-order chi connectivity index (χ1) is 11.7. The minimum atomic E-state index is 0.670. The van der Waals surface area contributed by atoms with Gasteiger partial charge in [0.25, 0.3) is 0 Å². The number of aliphatic imine (C=N–C) groups is 1. The molecule has 0 aliphatic heterocycles. The standard InChI is InChI=1S/C20H18N2O2/c1-15-12-19(24-22-15)13-20(17-8-10-18(23-2)11-9-17)21-14-16-6-4-3-5-7-16/h3-14H,1-2H3/b20-13-,21-14?. The molecular formula is C20H18N2O2. The molecule has 0 radical (unpaired) electrons. The Bertz CT molecular complexity index is 847. The molecule has 0 atom stereocenters. The summed E-state index contributed by atoms with van der Waals surface area (Å²) in [4.78, 5) is 4.63. The smallest absolute Gasteiger partial charge is 0.162 e. The average Bonchev–Trinajstić information content (AvgIpc) is 3.04. The zero-order valence-corrected chi connectivity index (χ0v) is 13.6. The number of hydrogen-bond acceptors (Lipinski definition) is 4. The largest absolute Gasteiger partial charge is 0.497 e. The van der Waals surface area contributed by atoms with Crippen LogP contribution in [0.25, 0.3) is 11.8 Å². The number of hydrogen-bond donors (Lipinski definition) is 0. The van der Waals surface area contributed by atoms with Crippen LogP contribution in [0.15, 0.2) is 70.2 Å². The molecule has 4 nitrogen and oxygen atoms in total. The van der Waals surface area contributed by atoms with Crippen LogP contribution in [0.4, 0.5) is 0 Å². The molecule has 0 saturated carbocycles. The van der Waals surface area contributed by atoms with Crippen LogP contribution in [0.5, 0.6) is 5.75 Å². The van der Waals surface area contributed by atoms with Gasteiger partial charge in [0.05, 0.1) is 18.5 Å². The van der Waals surface area contributed by atoms with Crippen LogP contribution >= 0.6 is 0 Å². The Kier molecular flexibility index (Phi) is 4.87. The van der Waals surface area contributed by atoms with Crippen molar-refractivity contribution in [1.29, 1.82) is 0 Å². The molecule has 0 aliphatic rings. The van der Waals surface area contributed by atoms with E-state index < -0.39 is 0 Å². The van der Waals surface area contributed by atoms with Crippen molar-refractivity contribution in [2.45, 2.75) is 6.92 Å². The molecule has 3 rings (SSSR count). The van der Waals surface area contributed by atoms with Crippen LogP contribution in [0.3, 0.4) is 0 Å². The number of aryl methyl sites for hydroxylation is 1. The molecule has 0 unspecified atom stereocenters. The lowest BCUT2D eigenvalue weighted by Gasteiger charge is -2.04. The van der Waals surface area contributed by atoms with E-state index in [1.54, 1.807) is 7.11 Å². The van der Waals surface area contributed by atoms with Crippen molar-refractivity contribution in [3.63, 3.8) is 0 Å². The Morgan fingerprint density at radius 2 is 1.83 bits per heavy atom. The van der Waals surface area contributed by atoms with Gasteiger partial charge in [0.1, 0.15) is 5.75 Å². The molecule has 24 heavy (non-hydrogen) atoms. The van der Waals surface area contributed by atoms with E-state index >= 15 is 0 Å². The molecule has 0 amide bonds. The van der Waals surface area contributed by atoms with Gasteiger partial charge in [0.15, 0.2) is 5.76 Å². The van der Waals surface area contributed by atoms with E-state index in [4.69, 9.17) is 9.26 Å². The zero-order valence-electron chi connectivity index (χ0n) is 13.6. The highest BCUT2D eigenvalue weighted by Gasteiger charge is 2.04. The fourth-order valence-electron chi connectivity index (χ4n) is 2.23. The molecule has 0 fully saturated rings. The monoisotopic (exact) mass is 318 g/mol. The van der Waals surface area contributed by atoms with Crippen LogP contribution in [-0.2, 0) is 0 Å². The molecule has 0 spiro atoms. The van der Waals surface area contributed by atoms with Gasteiger partial charge < -0.3 is 9.26 Å². The molecule has 120 valence electrons. The van der Waals surface area contributed by atoms with E-state index in [1.165, 1.54) is 0 Å². The van der Waals surface area contributed by atoms with Crippen molar-refractivity contribution in [3.8, 4) is 5.75 Å². The third-order valence-electron chi connectivity index (χ3n) is 3.46. The zero-order chi connectivity index (χ0) is 16.8. The molecule has 0 N–H and O–H groups in total. The van der Waals surface area contributed by atoms with Crippen molar-refractivity contribution >= 4 is 18.0 Å². The molecule has 3 aromatic rings. The van der Waals surface area contributed by atoms with Crippen LogP contribution in [0.2, 0.25) is 0 Å². The van der Waals surface area contributed by atoms with Gasteiger partial charge in [0, 0.05) is 23.9 Å². The van der Waals surface area contributed by atoms with Crippen LogP contribution in [0, 0.1) is 6.92 Å². The van der Waals surface area contributed by atoms with Gasteiger partial charge >= 0.3 is 0 Å². The Balaban J connectivity index is 1.96. The summed E-state index contributed by atoms with van der Waals surface area (Å²) in [5.74, 6) is 1.48. The van der Waals surface area contributed by atoms with Gasteiger partial charge in [-0.1, -0.05) is 35.5 Å². The maximum Gasteiger partial charge on any atom is 0.162 e. The summed E-state index contributed by atoms with van der Waals surface area (Å²) in [6.07, 6.45) is 3.71. The predicted octanol–water partition coefficient (Wildman–Crippen LogP) is 4.61. The van der Waals surface area contributed by atoms with Gasteiger partial charge in [-0.3, -0.25) is 4.99 Å². The molecule has 2 aromatic carbocycles. The SMILES string of the molecule is COc1ccc(/C(=C/c2cc(C)no2)N=Cc2ccccc2)cc1. The Labute approximate surface area is 141 Å². The summed E-state index contributed by atoms with van der Waals surface area (Å²) < 4.78 is 10.5. The van der Waals surface area contributed by atoms with E-state index in [0.29, 0.717) is 5.76 Å². The lowest BCUT2D eigenvalue weighted by Crippen LogP contribution is -1.87. The summed E-state index contributed by atoms with van der Waals surface area (Å²) in [6, 6.07) is 19.6. The topological polar surface area (TPSA) is 47.6 Å². The molecule has 1 heterocycles. The summed E-state index contributed by atoms with van der Waals surface area (Å²) in [7, 11) is 1.65. The van der Waals surface area contributed by atoms with Crippen molar-refractivity contribution in [2.75, 3.05) is 7.11 Å². The lowest BCUT2D eigenvalue weighted by atomic mass is 10.1. The van der Waals surface area contributed by atoms with Crippen molar-refractivity contribution in [1.82, 2.24) is 5.16 Å². The van der Waals surface area contributed by atoms with Gasteiger partial charge in [-0.25, -0.2) is 0 Å². The second-order valence-electron chi connectivity index (χ2n) is 5.30. The average molecular weight is 318 g/mol. The van der Waals surface area contributed by atoms with Crippen molar-refractivity contribution in [3.05, 3.63) is 83.2 Å². The number of methoxy groups -OCH3 is 1. The number of ether oxygens (including phenoxy) is 1. The van der Waals surface area contributed by atoms with Crippen molar-refractivity contribution in [2.24, 2.45) is 4.99 Å². The molecular weight excluding hydrogens is 300 g/mol. The number of aromatic nitrogens is 1. The number of nitrogens with zero attached hydrogens (tertiary/aromatic N) is 2. The lowest BCUT2D eigenvalue weighted by molar-refractivity contribution is 0.408. The van der Waals surface area contributed by atoms with Gasteiger partial charge in [0.2, 0.25) is 0 Å². The third kappa shape index (κ3) is 3.98. The van der Waals surface area contributed by atoms with E-state index in [1.807, 2.05) is 79.9 Å². The highest BCUT2D eigenvalue weighted by Crippen LogP contribution is 2.22. The summed E-state index contributed by atoms with van der Waals surface area (Å²) in [6.45, 7) is 1.89. The van der Waals surface area contributed by atoms with Gasteiger partial charge in [-0.15, -0.1) is 0 Å². The Morgan fingerprint density at radius 1 is 1.08 bits per heavy atom. The van der Waals surface area contributed by atoms with Crippen molar-refractivity contribution < 1.29 is 9.26 Å². The minimum absolute atomic E-state index is 0.670. The fraction of sp³-hybridized carbons (Fsp3) is 0.100. The van der Waals surface area contributed by atoms with Crippen LogP contribution in [0.1, 0.15) is 22.6 Å². The molecule has 0 saturated heterocycles. The Hall–Kier alpha value is -3.14. The Morgan fingerprint density at radius 3 is 2.46 bits per heavy atom.